The first kappa shape index (κ1) is 14.9. The van der Waals surface area contributed by atoms with Gasteiger partial charge in [-0.3, -0.25) is 5.43 Å². The van der Waals surface area contributed by atoms with Gasteiger partial charge in [0.2, 0.25) is 0 Å². The minimum Gasteiger partial charge on any atom is -0.497 e. The van der Waals surface area contributed by atoms with Crippen molar-refractivity contribution in [3.05, 3.63) is 54.1 Å². The summed E-state index contributed by atoms with van der Waals surface area (Å²) in [7, 11) is 1.65. The second-order valence-corrected chi connectivity index (χ2v) is 4.52. The van der Waals surface area contributed by atoms with Gasteiger partial charge in [0, 0.05) is 0 Å². The Morgan fingerprint density at radius 2 is 1.67 bits per heavy atom. The summed E-state index contributed by atoms with van der Waals surface area (Å²) < 4.78 is 10.6. The lowest BCUT2D eigenvalue weighted by atomic mass is 10.2. The van der Waals surface area contributed by atoms with Gasteiger partial charge < -0.3 is 9.47 Å². The zero-order chi connectivity index (χ0) is 14.9. The molecule has 2 aromatic rings. The summed E-state index contributed by atoms with van der Waals surface area (Å²) in [6.45, 7) is 2.83. The van der Waals surface area contributed by atoms with Crippen LogP contribution in [0.25, 0.3) is 0 Å². The Bertz CT molecular complexity index is 562. The third-order valence-corrected chi connectivity index (χ3v) is 2.85. The fourth-order valence-corrected chi connectivity index (χ4v) is 1.72. The van der Waals surface area contributed by atoms with E-state index in [0.29, 0.717) is 0 Å². The van der Waals surface area contributed by atoms with Gasteiger partial charge in [-0.1, -0.05) is 6.92 Å². The van der Waals surface area contributed by atoms with Gasteiger partial charge in [0.15, 0.2) is 0 Å². The molecule has 1 N–H and O–H groups in total. The van der Waals surface area contributed by atoms with Gasteiger partial charge in [-0.15, -0.1) is 0 Å². The first-order valence-corrected chi connectivity index (χ1v) is 6.98. The average molecular weight is 284 g/mol. The molecule has 21 heavy (non-hydrogen) atoms. The number of methoxy groups -OCH3 is 1. The van der Waals surface area contributed by atoms with E-state index in [2.05, 4.69) is 17.5 Å². The van der Waals surface area contributed by atoms with Crippen molar-refractivity contribution in [3.63, 3.8) is 0 Å². The van der Waals surface area contributed by atoms with E-state index in [-0.39, 0.29) is 0 Å². The first-order chi connectivity index (χ1) is 10.3. The van der Waals surface area contributed by atoms with E-state index in [1.807, 2.05) is 48.5 Å². The molecule has 0 aliphatic carbocycles. The third-order valence-electron chi connectivity index (χ3n) is 2.85. The maximum absolute atomic E-state index is 5.53. The molecule has 0 fully saturated rings. The molecular weight excluding hydrogens is 264 g/mol. The van der Waals surface area contributed by atoms with Gasteiger partial charge >= 0.3 is 0 Å². The molecule has 0 radical (unpaired) electrons. The lowest BCUT2D eigenvalue weighted by molar-refractivity contribution is 0.317. The predicted octanol–water partition coefficient (Wildman–Crippen LogP) is 3.93. The van der Waals surface area contributed by atoms with Crippen LogP contribution in [0.5, 0.6) is 11.5 Å². The second kappa shape index (κ2) is 7.94. The van der Waals surface area contributed by atoms with Crippen molar-refractivity contribution >= 4 is 11.9 Å². The van der Waals surface area contributed by atoms with Crippen LogP contribution in [-0.2, 0) is 0 Å². The normalized spacial score (nSPS) is 10.6. The number of rotatable bonds is 7. The fourth-order valence-electron chi connectivity index (χ4n) is 1.72. The van der Waals surface area contributed by atoms with Crippen LogP contribution >= 0.6 is 0 Å². The molecule has 0 aliphatic heterocycles. The Kier molecular flexibility index (Phi) is 5.64. The van der Waals surface area contributed by atoms with E-state index in [1.54, 1.807) is 13.3 Å². The van der Waals surface area contributed by atoms with Gasteiger partial charge in [0.1, 0.15) is 11.5 Å². The maximum Gasteiger partial charge on any atom is 0.119 e. The Hall–Kier alpha value is -2.49. The quantitative estimate of drug-likeness (QED) is 0.619. The average Bonchev–Trinajstić information content (AvgIpc) is 2.55. The summed E-state index contributed by atoms with van der Waals surface area (Å²) in [4.78, 5) is 0. The van der Waals surface area contributed by atoms with Crippen molar-refractivity contribution in [1.29, 1.82) is 0 Å². The number of hydrogen-bond donors (Lipinski definition) is 1. The molecule has 4 nitrogen and oxygen atoms in total. The van der Waals surface area contributed by atoms with Crippen LogP contribution in [-0.4, -0.2) is 19.9 Å². The summed E-state index contributed by atoms with van der Waals surface area (Å²) in [5.41, 5.74) is 4.90. The molecule has 0 unspecified atom stereocenters. The minimum absolute atomic E-state index is 0.743. The largest absolute Gasteiger partial charge is 0.497 e. The predicted molar refractivity (Wildman–Crippen MR) is 86.4 cm³/mol. The van der Waals surface area contributed by atoms with Crippen molar-refractivity contribution in [2.75, 3.05) is 19.1 Å². The Labute approximate surface area is 125 Å². The molecule has 0 saturated heterocycles. The number of anilines is 1. The highest BCUT2D eigenvalue weighted by Gasteiger charge is 1.94. The monoisotopic (exact) mass is 284 g/mol. The summed E-state index contributed by atoms with van der Waals surface area (Å²) in [5.74, 6) is 1.71. The minimum atomic E-state index is 0.743. The number of ether oxygens (including phenoxy) is 2. The molecule has 0 saturated carbocycles. The Morgan fingerprint density at radius 1 is 1.00 bits per heavy atom. The molecule has 0 aliphatic rings. The molecule has 0 atom stereocenters. The van der Waals surface area contributed by atoms with Crippen LogP contribution in [0.1, 0.15) is 18.9 Å². The van der Waals surface area contributed by atoms with E-state index in [0.717, 1.165) is 35.8 Å². The van der Waals surface area contributed by atoms with Gasteiger partial charge in [-0.05, 0) is 60.5 Å². The van der Waals surface area contributed by atoms with Crippen LogP contribution in [0.3, 0.4) is 0 Å². The van der Waals surface area contributed by atoms with Gasteiger partial charge in [0.25, 0.3) is 0 Å². The van der Waals surface area contributed by atoms with Gasteiger partial charge in [-0.2, -0.15) is 5.10 Å². The summed E-state index contributed by atoms with van der Waals surface area (Å²) >= 11 is 0. The molecule has 0 aromatic heterocycles. The number of hydrogen-bond acceptors (Lipinski definition) is 4. The van der Waals surface area contributed by atoms with E-state index in [4.69, 9.17) is 9.47 Å². The topological polar surface area (TPSA) is 42.8 Å². The number of nitrogens with one attached hydrogen (secondary N) is 1. The van der Waals surface area contributed by atoms with Crippen molar-refractivity contribution in [2.24, 2.45) is 5.10 Å². The highest BCUT2D eigenvalue weighted by molar-refractivity contribution is 5.80. The van der Waals surface area contributed by atoms with E-state index < -0.39 is 0 Å². The van der Waals surface area contributed by atoms with Crippen molar-refractivity contribution in [3.8, 4) is 11.5 Å². The van der Waals surface area contributed by atoms with Crippen LogP contribution < -0.4 is 14.9 Å². The molecule has 0 heterocycles. The molecule has 2 aromatic carbocycles. The fraction of sp³-hybridized carbons (Fsp3) is 0.235. The molecule has 0 amide bonds. The standard InChI is InChI=1S/C17H20N2O2/c1-3-12-21-17-8-4-14(5-9-17)13-18-19-15-6-10-16(20-2)11-7-15/h4-11,13,19H,3,12H2,1-2H3/b18-13+. The van der Waals surface area contributed by atoms with Crippen molar-refractivity contribution in [2.45, 2.75) is 13.3 Å². The molecule has 2 rings (SSSR count). The van der Waals surface area contributed by atoms with Crippen molar-refractivity contribution < 1.29 is 9.47 Å². The van der Waals surface area contributed by atoms with Crippen LogP contribution in [0.15, 0.2) is 53.6 Å². The van der Waals surface area contributed by atoms with Crippen molar-refractivity contribution in [1.82, 2.24) is 0 Å². The third kappa shape index (κ3) is 4.84. The van der Waals surface area contributed by atoms with Gasteiger partial charge in [-0.25, -0.2) is 0 Å². The van der Waals surface area contributed by atoms with E-state index in [9.17, 15) is 0 Å². The smallest absolute Gasteiger partial charge is 0.119 e. The zero-order valence-electron chi connectivity index (χ0n) is 12.4. The van der Waals surface area contributed by atoms with Crippen LogP contribution in [0.2, 0.25) is 0 Å². The SMILES string of the molecule is CCCOc1ccc(/C=N/Nc2ccc(OC)cc2)cc1. The van der Waals surface area contributed by atoms with Gasteiger partial charge in [0.05, 0.1) is 25.6 Å². The Morgan fingerprint density at radius 3 is 2.29 bits per heavy atom. The van der Waals surface area contributed by atoms with E-state index in [1.165, 1.54) is 0 Å². The van der Waals surface area contributed by atoms with E-state index >= 15 is 0 Å². The highest BCUT2D eigenvalue weighted by atomic mass is 16.5. The highest BCUT2D eigenvalue weighted by Crippen LogP contribution is 2.15. The number of nitrogens with zero attached hydrogens (tertiary/aromatic N) is 1. The summed E-state index contributed by atoms with van der Waals surface area (Å²) in [5, 5.41) is 4.20. The number of hydrazone groups is 1. The molecule has 0 bridgehead atoms. The zero-order valence-corrected chi connectivity index (χ0v) is 12.4. The second-order valence-electron chi connectivity index (χ2n) is 4.52. The first-order valence-electron chi connectivity index (χ1n) is 6.98. The maximum atomic E-state index is 5.53. The molecule has 110 valence electrons. The lowest BCUT2D eigenvalue weighted by Crippen LogP contribution is -1.95. The summed E-state index contributed by atoms with van der Waals surface area (Å²) in [6.07, 6.45) is 2.78. The van der Waals surface area contributed by atoms with Crippen LogP contribution in [0.4, 0.5) is 5.69 Å². The van der Waals surface area contributed by atoms with Crippen LogP contribution in [0, 0.1) is 0 Å². The molecule has 4 heteroatoms. The Balaban J connectivity index is 1.88. The molecular formula is C17H20N2O2. The lowest BCUT2D eigenvalue weighted by Gasteiger charge is -2.04. The summed E-state index contributed by atoms with van der Waals surface area (Å²) in [6, 6.07) is 15.5. The number of benzene rings is 2. The molecule has 0 spiro atoms.